The molecule has 1 atom stereocenters. The lowest BCUT2D eigenvalue weighted by Crippen LogP contribution is -2.40. The van der Waals surface area contributed by atoms with E-state index in [9.17, 15) is 0 Å². The van der Waals surface area contributed by atoms with Gasteiger partial charge in [-0.3, -0.25) is 4.90 Å². The standard InChI is InChI=1S/C16H26N4S/c1-5-20(6-2)13(9-12(3)4)10-17-16-15-14(7-8-21-15)18-11-19-16/h7-8,11-13H,5-6,9-10H2,1-4H3,(H,17,18,19)/t13-/m1/s1. The molecule has 0 aliphatic carbocycles. The first kappa shape index (κ1) is 16.2. The predicted molar refractivity (Wildman–Crippen MR) is 92.1 cm³/mol. The Balaban J connectivity index is 2.08. The maximum atomic E-state index is 4.41. The SMILES string of the molecule is CCN(CC)[C@@H](CNc1ncnc2ccsc12)CC(C)C. The zero-order valence-corrected chi connectivity index (χ0v) is 14.3. The Morgan fingerprint density at radius 2 is 2.00 bits per heavy atom. The van der Waals surface area contributed by atoms with Gasteiger partial charge in [0, 0.05) is 12.6 Å². The third-order valence-corrected chi connectivity index (χ3v) is 4.73. The summed E-state index contributed by atoms with van der Waals surface area (Å²) in [4.78, 5) is 11.2. The third kappa shape index (κ3) is 4.14. The molecule has 0 radical (unpaired) electrons. The average molecular weight is 306 g/mol. The van der Waals surface area contributed by atoms with Crippen LogP contribution in [0, 0.1) is 5.92 Å². The normalized spacial score (nSPS) is 13.2. The Bertz CT molecular complexity index is 548. The summed E-state index contributed by atoms with van der Waals surface area (Å²) < 4.78 is 1.15. The highest BCUT2D eigenvalue weighted by molar-refractivity contribution is 7.17. The van der Waals surface area contributed by atoms with Crippen molar-refractivity contribution in [1.82, 2.24) is 14.9 Å². The van der Waals surface area contributed by atoms with Crippen LogP contribution in [-0.2, 0) is 0 Å². The van der Waals surface area contributed by atoms with Crippen molar-refractivity contribution in [2.24, 2.45) is 5.92 Å². The van der Waals surface area contributed by atoms with Gasteiger partial charge in [0.25, 0.3) is 0 Å². The van der Waals surface area contributed by atoms with E-state index in [0.29, 0.717) is 12.0 Å². The van der Waals surface area contributed by atoms with E-state index in [0.717, 1.165) is 35.7 Å². The Hall–Kier alpha value is -1.20. The van der Waals surface area contributed by atoms with Crippen molar-refractivity contribution in [3.05, 3.63) is 17.8 Å². The van der Waals surface area contributed by atoms with Gasteiger partial charge in [-0.05, 0) is 36.9 Å². The van der Waals surface area contributed by atoms with Crippen LogP contribution in [0.5, 0.6) is 0 Å². The largest absolute Gasteiger partial charge is 0.367 e. The van der Waals surface area contributed by atoms with E-state index < -0.39 is 0 Å². The van der Waals surface area contributed by atoms with Gasteiger partial charge in [0.05, 0.1) is 10.2 Å². The Morgan fingerprint density at radius 3 is 2.67 bits per heavy atom. The van der Waals surface area contributed by atoms with Crippen LogP contribution >= 0.6 is 11.3 Å². The zero-order chi connectivity index (χ0) is 15.2. The number of anilines is 1. The minimum atomic E-state index is 0.546. The quantitative estimate of drug-likeness (QED) is 0.804. The lowest BCUT2D eigenvalue weighted by molar-refractivity contribution is 0.199. The van der Waals surface area contributed by atoms with E-state index in [2.05, 4.69) is 53.3 Å². The van der Waals surface area contributed by atoms with Gasteiger partial charge in [-0.1, -0.05) is 27.7 Å². The molecule has 116 valence electrons. The number of aromatic nitrogens is 2. The average Bonchev–Trinajstić information content (AvgIpc) is 2.94. The molecular weight excluding hydrogens is 280 g/mol. The molecule has 0 spiro atoms. The number of nitrogens with one attached hydrogen (secondary N) is 1. The van der Waals surface area contributed by atoms with E-state index in [1.807, 2.05) is 6.07 Å². The van der Waals surface area contributed by atoms with E-state index in [4.69, 9.17) is 0 Å². The molecule has 0 saturated carbocycles. The first-order chi connectivity index (χ1) is 10.2. The molecule has 2 aromatic heterocycles. The number of hydrogen-bond donors (Lipinski definition) is 1. The maximum Gasteiger partial charge on any atom is 0.147 e. The van der Waals surface area contributed by atoms with Gasteiger partial charge in [-0.15, -0.1) is 11.3 Å². The van der Waals surface area contributed by atoms with Crippen molar-refractivity contribution in [1.29, 1.82) is 0 Å². The predicted octanol–water partition coefficient (Wildman–Crippen LogP) is 3.86. The van der Waals surface area contributed by atoms with Crippen molar-refractivity contribution in [3.8, 4) is 0 Å². The highest BCUT2D eigenvalue weighted by atomic mass is 32.1. The summed E-state index contributed by atoms with van der Waals surface area (Å²) in [7, 11) is 0. The van der Waals surface area contributed by atoms with Crippen molar-refractivity contribution in [3.63, 3.8) is 0 Å². The molecule has 0 aliphatic rings. The van der Waals surface area contributed by atoms with E-state index in [-0.39, 0.29) is 0 Å². The molecule has 0 saturated heterocycles. The number of likely N-dealkylation sites (N-methyl/N-ethyl adjacent to an activating group) is 1. The van der Waals surface area contributed by atoms with Gasteiger partial charge in [0.1, 0.15) is 12.1 Å². The van der Waals surface area contributed by atoms with Gasteiger partial charge in [0.15, 0.2) is 0 Å². The molecule has 5 heteroatoms. The molecule has 0 bridgehead atoms. The van der Waals surface area contributed by atoms with Crippen LogP contribution in [0.15, 0.2) is 17.8 Å². The molecule has 0 aliphatic heterocycles. The van der Waals surface area contributed by atoms with Crippen LogP contribution in [0.3, 0.4) is 0 Å². The van der Waals surface area contributed by atoms with Crippen molar-refractivity contribution in [2.75, 3.05) is 25.0 Å². The highest BCUT2D eigenvalue weighted by Crippen LogP contribution is 2.25. The molecule has 21 heavy (non-hydrogen) atoms. The topological polar surface area (TPSA) is 41.0 Å². The summed E-state index contributed by atoms with van der Waals surface area (Å²) in [6, 6.07) is 2.59. The fourth-order valence-corrected chi connectivity index (χ4v) is 3.59. The maximum absolute atomic E-state index is 4.41. The molecule has 0 fully saturated rings. The first-order valence-electron chi connectivity index (χ1n) is 7.81. The molecule has 1 N–H and O–H groups in total. The molecule has 0 unspecified atom stereocenters. The summed E-state index contributed by atoms with van der Waals surface area (Å²) in [5.74, 6) is 1.67. The number of thiophene rings is 1. The molecule has 2 heterocycles. The summed E-state index contributed by atoms with van der Waals surface area (Å²) >= 11 is 1.70. The number of hydrogen-bond acceptors (Lipinski definition) is 5. The van der Waals surface area contributed by atoms with Crippen LogP contribution < -0.4 is 5.32 Å². The smallest absolute Gasteiger partial charge is 0.147 e. The Labute approximate surface area is 131 Å². The summed E-state index contributed by atoms with van der Waals surface area (Å²) in [5, 5.41) is 5.62. The van der Waals surface area contributed by atoms with Crippen LogP contribution in [0.1, 0.15) is 34.1 Å². The minimum Gasteiger partial charge on any atom is -0.367 e. The fraction of sp³-hybridized carbons (Fsp3) is 0.625. The third-order valence-electron chi connectivity index (χ3n) is 3.82. The number of fused-ring (bicyclic) bond motifs is 1. The molecule has 2 rings (SSSR count). The van der Waals surface area contributed by atoms with Crippen molar-refractivity contribution < 1.29 is 0 Å². The van der Waals surface area contributed by atoms with Gasteiger partial charge in [-0.2, -0.15) is 0 Å². The van der Waals surface area contributed by atoms with Crippen molar-refractivity contribution in [2.45, 2.75) is 40.2 Å². The Morgan fingerprint density at radius 1 is 1.24 bits per heavy atom. The molecule has 2 aromatic rings. The molecular formula is C16H26N4S. The van der Waals surface area contributed by atoms with Gasteiger partial charge in [-0.25, -0.2) is 9.97 Å². The van der Waals surface area contributed by atoms with Crippen LogP contribution in [0.25, 0.3) is 10.2 Å². The fourth-order valence-electron chi connectivity index (χ4n) is 2.77. The van der Waals surface area contributed by atoms with E-state index in [1.165, 1.54) is 6.42 Å². The summed E-state index contributed by atoms with van der Waals surface area (Å²) in [6.45, 7) is 12.2. The molecule has 0 amide bonds. The van der Waals surface area contributed by atoms with Crippen LogP contribution in [0.4, 0.5) is 5.82 Å². The molecule has 4 nitrogen and oxygen atoms in total. The van der Waals surface area contributed by atoms with Crippen LogP contribution in [0.2, 0.25) is 0 Å². The summed E-state index contributed by atoms with van der Waals surface area (Å²) in [6.07, 6.45) is 2.85. The second kappa shape index (κ2) is 7.71. The number of rotatable bonds is 8. The van der Waals surface area contributed by atoms with Gasteiger partial charge in [0.2, 0.25) is 0 Å². The highest BCUT2D eigenvalue weighted by Gasteiger charge is 2.17. The monoisotopic (exact) mass is 306 g/mol. The van der Waals surface area contributed by atoms with Crippen molar-refractivity contribution >= 4 is 27.4 Å². The zero-order valence-electron chi connectivity index (χ0n) is 13.5. The van der Waals surface area contributed by atoms with E-state index >= 15 is 0 Å². The molecule has 0 aromatic carbocycles. The lowest BCUT2D eigenvalue weighted by Gasteiger charge is -2.31. The van der Waals surface area contributed by atoms with Gasteiger partial charge >= 0.3 is 0 Å². The van der Waals surface area contributed by atoms with Crippen LogP contribution in [-0.4, -0.2) is 40.5 Å². The number of nitrogens with zero attached hydrogens (tertiary/aromatic N) is 3. The lowest BCUT2D eigenvalue weighted by atomic mass is 10.0. The van der Waals surface area contributed by atoms with E-state index in [1.54, 1.807) is 17.7 Å². The summed E-state index contributed by atoms with van der Waals surface area (Å²) in [5.41, 5.74) is 1.03. The first-order valence-corrected chi connectivity index (χ1v) is 8.69. The van der Waals surface area contributed by atoms with Gasteiger partial charge < -0.3 is 5.32 Å². The minimum absolute atomic E-state index is 0.546. The second-order valence-corrected chi connectivity index (χ2v) is 6.66. The Kier molecular flexibility index (Phi) is 5.94. The second-order valence-electron chi connectivity index (χ2n) is 5.74.